The smallest absolute Gasteiger partial charge is 0.331 e. The van der Waals surface area contributed by atoms with Crippen LogP contribution in [-0.4, -0.2) is 55.8 Å². The van der Waals surface area contributed by atoms with E-state index < -0.39 is 23.6 Å². The van der Waals surface area contributed by atoms with Gasteiger partial charge in [-0.2, -0.15) is 0 Å². The van der Waals surface area contributed by atoms with Crippen molar-refractivity contribution in [1.82, 2.24) is 4.90 Å². The van der Waals surface area contributed by atoms with Crippen molar-refractivity contribution in [2.45, 2.75) is 84.8 Å². The third-order valence-electron chi connectivity index (χ3n) is 5.93. The number of esters is 2. The molecular formula is C27H42N2O6. The number of aliphatic imine (C=N–C) groups is 1. The summed E-state index contributed by atoms with van der Waals surface area (Å²) in [6.45, 7) is 8.81. The maximum atomic E-state index is 13.1. The summed E-state index contributed by atoms with van der Waals surface area (Å²) in [5.41, 5.74) is 0.501. The molecule has 1 aromatic carbocycles. The molecule has 1 saturated heterocycles. The molecule has 0 aromatic heterocycles. The van der Waals surface area contributed by atoms with Crippen LogP contribution in [-0.2, 0) is 19.1 Å². The van der Waals surface area contributed by atoms with Gasteiger partial charge in [-0.1, -0.05) is 52.4 Å². The number of ether oxygens (including phenoxy) is 4. The number of hydrogen-bond donors (Lipinski definition) is 0. The zero-order valence-electron chi connectivity index (χ0n) is 22.2. The Kier molecular flexibility index (Phi) is 11.3. The fourth-order valence-corrected chi connectivity index (χ4v) is 4.05. The van der Waals surface area contributed by atoms with Crippen LogP contribution in [0.2, 0.25) is 0 Å². The van der Waals surface area contributed by atoms with Gasteiger partial charge in [-0.05, 0) is 25.0 Å². The molecule has 0 saturated carbocycles. The maximum absolute atomic E-state index is 13.1. The molecule has 1 heterocycles. The molecule has 8 heteroatoms. The SMILES string of the molecule is CCCCCCN(CCCCCC)C(=Nc1ccc(OC)cc1OC)C1C(=O)OC(C)(C)OC1=O. The summed E-state index contributed by atoms with van der Waals surface area (Å²) in [6, 6.07) is 5.25. The van der Waals surface area contributed by atoms with E-state index >= 15 is 0 Å². The van der Waals surface area contributed by atoms with E-state index in [0.29, 0.717) is 36.1 Å². The molecule has 2 rings (SSSR count). The van der Waals surface area contributed by atoms with Crippen molar-refractivity contribution >= 4 is 23.5 Å². The van der Waals surface area contributed by atoms with E-state index in [2.05, 4.69) is 18.7 Å². The highest BCUT2D eigenvalue weighted by Gasteiger charge is 2.47. The molecule has 0 spiro atoms. The second kappa shape index (κ2) is 14.0. The molecule has 0 radical (unpaired) electrons. The van der Waals surface area contributed by atoms with Gasteiger partial charge in [-0.25, -0.2) is 4.99 Å². The van der Waals surface area contributed by atoms with Gasteiger partial charge in [-0.3, -0.25) is 9.59 Å². The van der Waals surface area contributed by atoms with Crippen molar-refractivity contribution in [3.05, 3.63) is 18.2 Å². The van der Waals surface area contributed by atoms with E-state index in [0.717, 1.165) is 51.4 Å². The molecule has 0 atom stereocenters. The number of benzene rings is 1. The zero-order chi connectivity index (χ0) is 25.8. The first-order valence-corrected chi connectivity index (χ1v) is 12.8. The highest BCUT2D eigenvalue weighted by Crippen LogP contribution is 2.34. The zero-order valence-corrected chi connectivity index (χ0v) is 22.2. The topological polar surface area (TPSA) is 86.7 Å². The van der Waals surface area contributed by atoms with Crippen molar-refractivity contribution in [1.29, 1.82) is 0 Å². The van der Waals surface area contributed by atoms with E-state index in [9.17, 15) is 9.59 Å². The molecule has 0 amide bonds. The number of nitrogens with zero attached hydrogens (tertiary/aromatic N) is 2. The Bertz CT molecular complexity index is 835. The lowest BCUT2D eigenvalue weighted by atomic mass is 10.0. The van der Waals surface area contributed by atoms with Crippen LogP contribution in [0, 0.1) is 5.92 Å². The molecule has 196 valence electrons. The Labute approximate surface area is 210 Å². The normalized spacial score (nSPS) is 16.0. The molecule has 0 N–H and O–H groups in total. The second-order valence-electron chi connectivity index (χ2n) is 9.29. The summed E-state index contributed by atoms with van der Waals surface area (Å²) >= 11 is 0. The average molecular weight is 491 g/mol. The third-order valence-corrected chi connectivity index (χ3v) is 5.93. The molecule has 0 bridgehead atoms. The van der Waals surface area contributed by atoms with E-state index in [4.69, 9.17) is 23.9 Å². The Morgan fingerprint density at radius 2 is 1.49 bits per heavy atom. The quantitative estimate of drug-likeness (QED) is 0.109. The Balaban J connectivity index is 2.51. The van der Waals surface area contributed by atoms with Gasteiger partial charge < -0.3 is 23.8 Å². The minimum absolute atomic E-state index is 0.340. The molecular weight excluding hydrogens is 448 g/mol. The monoisotopic (exact) mass is 490 g/mol. The van der Waals surface area contributed by atoms with Crippen LogP contribution in [0.15, 0.2) is 23.2 Å². The van der Waals surface area contributed by atoms with E-state index in [-0.39, 0.29) is 0 Å². The van der Waals surface area contributed by atoms with Crippen molar-refractivity contribution in [3.63, 3.8) is 0 Å². The molecule has 1 aromatic rings. The van der Waals surface area contributed by atoms with Gasteiger partial charge >= 0.3 is 11.9 Å². The first-order chi connectivity index (χ1) is 16.8. The van der Waals surface area contributed by atoms with Gasteiger partial charge in [0.1, 0.15) is 23.0 Å². The van der Waals surface area contributed by atoms with Gasteiger partial charge in [0, 0.05) is 33.0 Å². The standard InChI is InChI=1S/C27H42N2O6/c1-7-9-11-13-17-29(18-14-12-10-8-2)24(23-25(30)34-27(3,4)35-26(23)31)28-21-16-15-20(32-5)19-22(21)33-6/h15-16,19,23H,7-14,17-18H2,1-6H3. The Morgan fingerprint density at radius 1 is 0.914 bits per heavy atom. The number of methoxy groups -OCH3 is 2. The Morgan fingerprint density at radius 3 is 1.97 bits per heavy atom. The predicted molar refractivity (Wildman–Crippen MR) is 136 cm³/mol. The maximum Gasteiger partial charge on any atom is 0.331 e. The molecule has 1 aliphatic heterocycles. The summed E-state index contributed by atoms with van der Waals surface area (Å²) in [4.78, 5) is 33.1. The van der Waals surface area contributed by atoms with Gasteiger partial charge in [0.25, 0.3) is 5.79 Å². The minimum Gasteiger partial charge on any atom is -0.497 e. The van der Waals surface area contributed by atoms with Crippen LogP contribution >= 0.6 is 0 Å². The van der Waals surface area contributed by atoms with Crippen molar-refractivity contribution in [2.75, 3.05) is 27.3 Å². The number of carbonyl (C=O) groups is 2. The summed E-state index contributed by atoms with van der Waals surface area (Å²) in [5, 5.41) is 0. The van der Waals surface area contributed by atoms with E-state index in [1.54, 1.807) is 46.3 Å². The lowest BCUT2D eigenvalue weighted by molar-refractivity contribution is -0.236. The summed E-state index contributed by atoms with van der Waals surface area (Å²) in [5.74, 6) is -2.41. The van der Waals surface area contributed by atoms with Crippen LogP contribution in [0.1, 0.15) is 79.1 Å². The van der Waals surface area contributed by atoms with Gasteiger partial charge in [0.15, 0.2) is 0 Å². The van der Waals surface area contributed by atoms with Crippen LogP contribution in [0.5, 0.6) is 11.5 Å². The largest absolute Gasteiger partial charge is 0.497 e. The average Bonchev–Trinajstić information content (AvgIpc) is 2.81. The highest BCUT2D eigenvalue weighted by molar-refractivity contribution is 6.17. The van der Waals surface area contributed by atoms with Crippen molar-refractivity contribution in [2.24, 2.45) is 10.9 Å². The van der Waals surface area contributed by atoms with Crippen LogP contribution in [0.25, 0.3) is 0 Å². The summed E-state index contributed by atoms with van der Waals surface area (Å²) < 4.78 is 21.8. The number of unbranched alkanes of at least 4 members (excludes halogenated alkanes) is 6. The van der Waals surface area contributed by atoms with Crippen LogP contribution in [0.3, 0.4) is 0 Å². The Hall–Kier alpha value is -2.77. The molecule has 8 nitrogen and oxygen atoms in total. The molecule has 0 aliphatic carbocycles. The van der Waals surface area contributed by atoms with Crippen LogP contribution in [0.4, 0.5) is 5.69 Å². The van der Waals surface area contributed by atoms with E-state index in [1.165, 1.54) is 0 Å². The number of amidine groups is 1. The highest BCUT2D eigenvalue weighted by atomic mass is 16.7. The number of rotatable bonds is 14. The lowest BCUT2D eigenvalue weighted by Gasteiger charge is -2.36. The van der Waals surface area contributed by atoms with Crippen molar-refractivity contribution < 1.29 is 28.5 Å². The molecule has 1 aliphatic rings. The number of hydrogen-bond acceptors (Lipinski definition) is 7. The van der Waals surface area contributed by atoms with Crippen LogP contribution < -0.4 is 9.47 Å². The number of cyclic esters (lactones) is 2. The first kappa shape index (κ1) is 28.5. The molecule has 0 unspecified atom stereocenters. The summed E-state index contributed by atoms with van der Waals surface area (Å²) in [7, 11) is 3.12. The van der Waals surface area contributed by atoms with Gasteiger partial charge in [0.2, 0.25) is 5.92 Å². The first-order valence-electron chi connectivity index (χ1n) is 12.8. The second-order valence-corrected chi connectivity index (χ2v) is 9.29. The lowest BCUT2D eigenvalue weighted by Crippen LogP contribution is -2.53. The van der Waals surface area contributed by atoms with Gasteiger partial charge in [0.05, 0.1) is 14.2 Å². The van der Waals surface area contributed by atoms with Crippen molar-refractivity contribution in [3.8, 4) is 11.5 Å². The summed E-state index contributed by atoms with van der Waals surface area (Å²) in [6.07, 6.45) is 8.49. The fraction of sp³-hybridized carbons (Fsp3) is 0.667. The minimum atomic E-state index is -1.30. The van der Waals surface area contributed by atoms with E-state index in [1.807, 2.05) is 0 Å². The molecule has 35 heavy (non-hydrogen) atoms. The predicted octanol–water partition coefficient (Wildman–Crippen LogP) is 5.65. The molecule has 1 fully saturated rings. The fourth-order valence-electron chi connectivity index (χ4n) is 4.05. The van der Waals surface area contributed by atoms with Gasteiger partial charge in [-0.15, -0.1) is 0 Å². The third kappa shape index (κ3) is 8.44. The number of carbonyl (C=O) groups excluding carboxylic acids is 2.